The Kier molecular flexibility index (Phi) is 33.2. The summed E-state index contributed by atoms with van der Waals surface area (Å²) in [5, 5.41) is 40.0. The molecule has 0 radical (unpaired) electrons. The number of unbranched alkanes of at least 4 members (excludes halogenated alkanes) is 16. The zero-order chi connectivity index (χ0) is 40.2. The van der Waals surface area contributed by atoms with Gasteiger partial charge in [0.1, 0.15) is 31.0 Å². The van der Waals surface area contributed by atoms with E-state index in [1.807, 2.05) is 6.08 Å². The molecule has 318 valence electrons. The third-order valence-electron chi connectivity index (χ3n) is 9.72. The molecule has 55 heavy (non-hydrogen) atoms. The van der Waals surface area contributed by atoms with E-state index in [9.17, 15) is 30.0 Å². The van der Waals surface area contributed by atoms with E-state index < -0.39 is 55.4 Å². The Morgan fingerprint density at radius 1 is 0.564 bits per heavy atom. The van der Waals surface area contributed by atoms with Crippen molar-refractivity contribution in [3.63, 3.8) is 0 Å². The maximum atomic E-state index is 12.7. The molecular weight excluding hydrogens is 700 g/mol. The average molecular weight is 779 g/mol. The van der Waals surface area contributed by atoms with E-state index in [1.165, 1.54) is 83.5 Å². The van der Waals surface area contributed by atoms with Crippen LogP contribution in [0.1, 0.15) is 168 Å². The smallest absolute Gasteiger partial charge is 0.306 e. The maximum absolute atomic E-state index is 12.7. The minimum Gasteiger partial charge on any atom is -0.462 e. The molecule has 0 amide bonds. The van der Waals surface area contributed by atoms with Crippen LogP contribution in [0.3, 0.4) is 0 Å². The molecule has 1 rings (SSSR count). The number of carbonyl (C=O) groups excluding carboxylic acids is 2. The highest BCUT2D eigenvalue weighted by Crippen LogP contribution is 2.22. The first-order valence-electron chi connectivity index (χ1n) is 21.7. The lowest BCUT2D eigenvalue weighted by Gasteiger charge is -2.39. The van der Waals surface area contributed by atoms with E-state index in [1.54, 1.807) is 0 Å². The van der Waals surface area contributed by atoms with Gasteiger partial charge in [0.2, 0.25) is 0 Å². The third-order valence-corrected chi connectivity index (χ3v) is 9.72. The van der Waals surface area contributed by atoms with E-state index >= 15 is 0 Å². The minimum absolute atomic E-state index is 0.154. The first-order chi connectivity index (χ1) is 26.8. The van der Waals surface area contributed by atoms with Gasteiger partial charge in [-0.15, -0.1) is 0 Å². The minimum atomic E-state index is -1.60. The van der Waals surface area contributed by atoms with Gasteiger partial charge in [-0.2, -0.15) is 0 Å². The van der Waals surface area contributed by atoms with Crippen molar-refractivity contribution in [3.8, 4) is 0 Å². The van der Waals surface area contributed by atoms with Crippen molar-refractivity contribution < 1.29 is 49.0 Å². The summed E-state index contributed by atoms with van der Waals surface area (Å²) in [7, 11) is 0. The second kappa shape index (κ2) is 36.0. The molecule has 2 unspecified atom stereocenters. The number of allylic oxidation sites excluding steroid dienone is 8. The fourth-order valence-corrected chi connectivity index (χ4v) is 6.24. The monoisotopic (exact) mass is 779 g/mol. The van der Waals surface area contributed by atoms with Crippen molar-refractivity contribution in [2.75, 3.05) is 19.8 Å². The number of carbonyl (C=O) groups is 2. The van der Waals surface area contributed by atoms with E-state index in [-0.39, 0.29) is 26.1 Å². The molecule has 0 aromatic carbocycles. The molecule has 0 aromatic rings. The number of hydrogen-bond donors (Lipinski definition) is 4. The summed E-state index contributed by atoms with van der Waals surface area (Å²) >= 11 is 0. The Balaban J connectivity index is 2.40. The molecule has 4 N–H and O–H groups in total. The highest BCUT2D eigenvalue weighted by Gasteiger charge is 2.44. The predicted molar refractivity (Wildman–Crippen MR) is 219 cm³/mol. The molecule has 1 fully saturated rings. The highest BCUT2D eigenvalue weighted by molar-refractivity contribution is 5.70. The zero-order valence-corrected chi connectivity index (χ0v) is 34.4. The van der Waals surface area contributed by atoms with Gasteiger partial charge in [-0.25, -0.2) is 0 Å². The molecule has 0 spiro atoms. The van der Waals surface area contributed by atoms with Gasteiger partial charge in [0.05, 0.1) is 13.2 Å². The summed E-state index contributed by atoms with van der Waals surface area (Å²) in [5.74, 6) is -0.872. The number of rotatable bonds is 35. The molecular formula is C45H78O10. The molecule has 1 heterocycles. The SMILES string of the molecule is CCCCC/C=C/C/C=C/C/C=C/C/C=C/CCCC(=O)O[C@H](COC(=O)CCCCCCCCCCCCCCC)CO[C@@H]1O[C@H](CO)[C@H](O)C(O)C1O. The molecule has 0 aromatic heterocycles. The summed E-state index contributed by atoms with van der Waals surface area (Å²) in [6.07, 6.45) is 34.1. The third kappa shape index (κ3) is 27.8. The standard InChI is InChI=1S/C45H78O10/c1-3-5-7-9-11-13-15-17-18-19-20-22-24-26-28-30-32-34-41(48)54-38(37-53-45-44(51)43(50)42(49)39(35-46)55-45)36-52-40(47)33-31-29-27-25-23-21-16-14-12-10-8-6-4-2/h11,13,17-18,20,22,26,28,38-39,42-46,49-51H,3-10,12,14-16,19,21,23-25,27,29-37H2,1-2H3/b13-11+,18-17+,22-20+,28-26+/t38-,39-,42+,43?,44?,45-/m1/s1. The van der Waals surface area contributed by atoms with Crippen LogP contribution in [0.25, 0.3) is 0 Å². The molecule has 6 atom stereocenters. The number of aliphatic hydroxyl groups excluding tert-OH is 4. The van der Waals surface area contributed by atoms with Crippen LogP contribution in [-0.4, -0.2) is 89.0 Å². The van der Waals surface area contributed by atoms with E-state index in [0.29, 0.717) is 12.8 Å². The molecule has 0 saturated carbocycles. The summed E-state index contributed by atoms with van der Waals surface area (Å²) in [5.41, 5.74) is 0. The van der Waals surface area contributed by atoms with Gasteiger partial charge in [-0.3, -0.25) is 9.59 Å². The van der Waals surface area contributed by atoms with Crippen molar-refractivity contribution in [2.45, 2.75) is 205 Å². The Morgan fingerprint density at radius 3 is 1.58 bits per heavy atom. The van der Waals surface area contributed by atoms with Gasteiger partial charge in [-0.1, -0.05) is 152 Å². The van der Waals surface area contributed by atoms with Crippen molar-refractivity contribution in [3.05, 3.63) is 48.6 Å². The van der Waals surface area contributed by atoms with Crippen molar-refractivity contribution >= 4 is 11.9 Å². The molecule has 1 saturated heterocycles. The first kappa shape index (κ1) is 50.7. The molecule has 10 heteroatoms. The van der Waals surface area contributed by atoms with Gasteiger partial charge in [0.15, 0.2) is 12.4 Å². The molecule has 0 bridgehead atoms. The molecule has 10 nitrogen and oxygen atoms in total. The number of ether oxygens (including phenoxy) is 4. The van der Waals surface area contributed by atoms with E-state index in [2.05, 4.69) is 56.4 Å². The maximum Gasteiger partial charge on any atom is 0.306 e. The van der Waals surface area contributed by atoms with Crippen LogP contribution < -0.4 is 0 Å². The predicted octanol–water partition coefficient (Wildman–Crippen LogP) is 8.88. The normalized spacial score (nSPS) is 21.0. The second-order valence-corrected chi connectivity index (χ2v) is 14.8. The van der Waals surface area contributed by atoms with Gasteiger partial charge >= 0.3 is 11.9 Å². The van der Waals surface area contributed by atoms with Gasteiger partial charge in [0, 0.05) is 12.8 Å². The Morgan fingerprint density at radius 2 is 1.04 bits per heavy atom. The Hall–Kier alpha value is -2.34. The summed E-state index contributed by atoms with van der Waals surface area (Å²) < 4.78 is 22.1. The van der Waals surface area contributed by atoms with Gasteiger partial charge in [0.25, 0.3) is 0 Å². The average Bonchev–Trinajstić information content (AvgIpc) is 3.18. The first-order valence-corrected chi connectivity index (χ1v) is 21.7. The molecule has 1 aliphatic rings. The van der Waals surface area contributed by atoms with Gasteiger partial charge in [-0.05, 0) is 51.4 Å². The van der Waals surface area contributed by atoms with Crippen LogP contribution in [0, 0.1) is 0 Å². The van der Waals surface area contributed by atoms with Crippen molar-refractivity contribution in [2.24, 2.45) is 0 Å². The van der Waals surface area contributed by atoms with Crippen molar-refractivity contribution in [1.29, 1.82) is 0 Å². The zero-order valence-electron chi connectivity index (χ0n) is 34.4. The lowest BCUT2D eigenvalue weighted by Crippen LogP contribution is -2.59. The highest BCUT2D eigenvalue weighted by atomic mass is 16.7. The van der Waals surface area contributed by atoms with E-state index in [0.717, 1.165) is 44.9 Å². The van der Waals surface area contributed by atoms with Crippen LogP contribution >= 0.6 is 0 Å². The fraction of sp³-hybridized carbons (Fsp3) is 0.778. The summed E-state index contributed by atoms with van der Waals surface area (Å²) in [4.78, 5) is 25.2. The largest absolute Gasteiger partial charge is 0.462 e. The van der Waals surface area contributed by atoms with Crippen LogP contribution in [-0.2, 0) is 28.5 Å². The van der Waals surface area contributed by atoms with Gasteiger partial charge < -0.3 is 39.4 Å². The number of esters is 2. The summed E-state index contributed by atoms with van der Waals surface area (Å²) in [6, 6.07) is 0. The van der Waals surface area contributed by atoms with Crippen LogP contribution in [0.4, 0.5) is 0 Å². The number of hydrogen-bond acceptors (Lipinski definition) is 10. The fourth-order valence-electron chi connectivity index (χ4n) is 6.24. The van der Waals surface area contributed by atoms with Crippen LogP contribution in [0.5, 0.6) is 0 Å². The van der Waals surface area contributed by atoms with Crippen molar-refractivity contribution in [1.82, 2.24) is 0 Å². The Bertz CT molecular complexity index is 1040. The van der Waals surface area contributed by atoms with E-state index in [4.69, 9.17) is 18.9 Å². The molecule has 0 aliphatic carbocycles. The lowest BCUT2D eigenvalue weighted by atomic mass is 9.99. The Labute approximate surface area is 333 Å². The number of aliphatic hydroxyl groups is 4. The second-order valence-electron chi connectivity index (χ2n) is 14.8. The topological polar surface area (TPSA) is 152 Å². The van der Waals surface area contributed by atoms with Crippen LogP contribution in [0.2, 0.25) is 0 Å². The quantitative estimate of drug-likeness (QED) is 0.0279. The lowest BCUT2D eigenvalue weighted by molar-refractivity contribution is -0.305. The molecule has 1 aliphatic heterocycles. The summed E-state index contributed by atoms with van der Waals surface area (Å²) in [6.45, 7) is 3.33. The van der Waals surface area contributed by atoms with Crippen LogP contribution in [0.15, 0.2) is 48.6 Å².